The van der Waals surface area contributed by atoms with Crippen molar-refractivity contribution in [3.05, 3.63) is 59.7 Å². The van der Waals surface area contributed by atoms with E-state index in [1.807, 2.05) is 36.1 Å². The van der Waals surface area contributed by atoms with E-state index in [9.17, 15) is 9.18 Å². The normalized spacial score (nSPS) is 24.0. The molecular formula is C22H26FN3O. The molecule has 27 heavy (non-hydrogen) atoms. The van der Waals surface area contributed by atoms with Crippen LogP contribution in [0.15, 0.2) is 42.6 Å². The maximum Gasteiger partial charge on any atom is 0.272 e. The molecule has 0 saturated carbocycles. The summed E-state index contributed by atoms with van der Waals surface area (Å²) in [7, 11) is 0. The van der Waals surface area contributed by atoms with Gasteiger partial charge in [0.05, 0.1) is 0 Å². The second kappa shape index (κ2) is 6.63. The number of fused-ring (bicyclic) bond motifs is 1. The van der Waals surface area contributed by atoms with Gasteiger partial charge >= 0.3 is 0 Å². The molecule has 2 aromatic rings. The summed E-state index contributed by atoms with van der Waals surface area (Å²) in [5.41, 5.74) is 2.62. The highest BCUT2D eigenvalue weighted by atomic mass is 19.1. The van der Waals surface area contributed by atoms with Gasteiger partial charge in [-0.05, 0) is 81.5 Å². The lowest BCUT2D eigenvalue weighted by atomic mass is 9.89. The number of aryl methyl sites for hydroxylation is 1. The Labute approximate surface area is 160 Å². The second-order valence-electron chi connectivity index (χ2n) is 8.45. The smallest absolute Gasteiger partial charge is 0.272 e. The van der Waals surface area contributed by atoms with Crippen LogP contribution in [0.25, 0.3) is 0 Å². The molecule has 1 aromatic carbocycles. The number of hydrogen-bond acceptors (Lipinski definition) is 3. The summed E-state index contributed by atoms with van der Waals surface area (Å²) in [6.07, 6.45) is 3.63. The Hall–Kier alpha value is -2.43. The van der Waals surface area contributed by atoms with Crippen molar-refractivity contribution < 1.29 is 9.18 Å². The summed E-state index contributed by atoms with van der Waals surface area (Å²) < 4.78 is 13.4. The van der Waals surface area contributed by atoms with E-state index >= 15 is 0 Å². The molecule has 2 atom stereocenters. The van der Waals surface area contributed by atoms with Gasteiger partial charge in [0.15, 0.2) is 0 Å². The molecule has 4 nitrogen and oxygen atoms in total. The number of aromatic nitrogens is 1. The monoisotopic (exact) mass is 367 g/mol. The number of carbonyl (C=O) groups excluding carboxylic acids is 1. The Balaban J connectivity index is 1.54. The second-order valence-corrected chi connectivity index (χ2v) is 8.45. The summed E-state index contributed by atoms with van der Waals surface area (Å²) in [6, 6.07) is 10.9. The average Bonchev–Trinajstić information content (AvgIpc) is 2.91. The van der Waals surface area contributed by atoms with Crippen LogP contribution in [0, 0.1) is 18.7 Å². The summed E-state index contributed by atoms with van der Waals surface area (Å²) in [5, 5.41) is 0. The van der Waals surface area contributed by atoms with Crippen LogP contribution < -0.4 is 4.90 Å². The number of halogens is 1. The van der Waals surface area contributed by atoms with Crippen LogP contribution >= 0.6 is 0 Å². The zero-order valence-electron chi connectivity index (χ0n) is 16.2. The van der Waals surface area contributed by atoms with Crippen molar-refractivity contribution in [1.82, 2.24) is 9.88 Å². The standard InChI is InChI=1S/C22H26FN3O/c1-15-8-10-24-19(12-15)21(27)25-11-9-20-16(14-25)13-22(2,3)26(20)18-6-4-17(23)5-7-18/h4-8,10,12,16,20H,9,11,13-14H2,1-3H3/t16-,20+/m1/s1. The zero-order chi connectivity index (χ0) is 19.2. The number of anilines is 1. The van der Waals surface area contributed by atoms with Crippen molar-refractivity contribution in [2.45, 2.75) is 45.2 Å². The first-order valence-electron chi connectivity index (χ1n) is 9.62. The first-order valence-corrected chi connectivity index (χ1v) is 9.62. The first kappa shape index (κ1) is 18.0. The number of nitrogens with zero attached hydrogens (tertiary/aromatic N) is 3. The number of pyridine rings is 1. The quantitative estimate of drug-likeness (QED) is 0.803. The molecule has 5 heteroatoms. The lowest BCUT2D eigenvalue weighted by Gasteiger charge is -2.41. The summed E-state index contributed by atoms with van der Waals surface area (Å²) in [5.74, 6) is 0.223. The molecule has 0 spiro atoms. The van der Waals surface area contributed by atoms with Gasteiger partial charge in [0.25, 0.3) is 5.91 Å². The van der Waals surface area contributed by atoms with Crippen LogP contribution in [0.5, 0.6) is 0 Å². The van der Waals surface area contributed by atoms with E-state index in [2.05, 4.69) is 23.7 Å². The SMILES string of the molecule is Cc1ccnc(C(=O)N2CC[C@H]3[C@@H](C2)CC(C)(C)N3c2ccc(F)cc2)c1. The van der Waals surface area contributed by atoms with Crippen molar-refractivity contribution in [3.8, 4) is 0 Å². The van der Waals surface area contributed by atoms with Crippen LogP contribution in [0.4, 0.5) is 10.1 Å². The fourth-order valence-corrected chi connectivity index (χ4v) is 4.89. The van der Waals surface area contributed by atoms with E-state index in [0.29, 0.717) is 17.7 Å². The van der Waals surface area contributed by atoms with Crippen molar-refractivity contribution in [1.29, 1.82) is 0 Å². The van der Waals surface area contributed by atoms with Crippen molar-refractivity contribution >= 4 is 11.6 Å². The third-order valence-electron chi connectivity index (χ3n) is 5.97. The van der Waals surface area contributed by atoms with E-state index in [-0.39, 0.29) is 17.3 Å². The van der Waals surface area contributed by atoms with Gasteiger partial charge in [-0.3, -0.25) is 9.78 Å². The number of carbonyl (C=O) groups is 1. The van der Waals surface area contributed by atoms with Crippen LogP contribution in [0.1, 0.15) is 42.7 Å². The molecule has 0 N–H and O–H groups in total. The van der Waals surface area contributed by atoms with E-state index < -0.39 is 0 Å². The molecule has 4 rings (SSSR count). The number of piperidine rings is 1. The molecule has 2 aliphatic rings. The molecule has 2 saturated heterocycles. The van der Waals surface area contributed by atoms with Gasteiger partial charge in [0.1, 0.15) is 11.5 Å². The van der Waals surface area contributed by atoms with Gasteiger partial charge in [-0.2, -0.15) is 0 Å². The molecule has 0 aliphatic carbocycles. The highest BCUT2D eigenvalue weighted by Gasteiger charge is 2.48. The highest BCUT2D eigenvalue weighted by molar-refractivity contribution is 5.92. The maximum absolute atomic E-state index is 13.4. The minimum Gasteiger partial charge on any atom is -0.363 e. The van der Waals surface area contributed by atoms with E-state index in [0.717, 1.165) is 37.2 Å². The van der Waals surface area contributed by atoms with Crippen LogP contribution in [0.2, 0.25) is 0 Å². The predicted octanol–water partition coefficient (Wildman–Crippen LogP) is 4.05. The Morgan fingerprint density at radius 3 is 2.67 bits per heavy atom. The van der Waals surface area contributed by atoms with Gasteiger partial charge in [-0.1, -0.05) is 0 Å². The summed E-state index contributed by atoms with van der Waals surface area (Å²) >= 11 is 0. The van der Waals surface area contributed by atoms with Gasteiger partial charge in [0, 0.05) is 36.6 Å². The van der Waals surface area contributed by atoms with Gasteiger partial charge in [-0.15, -0.1) is 0 Å². The molecule has 0 bridgehead atoms. The zero-order valence-corrected chi connectivity index (χ0v) is 16.2. The molecular weight excluding hydrogens is 341 g/mol. The Morgan fingerprint density at radius 2 is 1.96 bits per heavy atom. The predicted molar refractivity (Wildman–Crippen MR) is 104 cm³/mol. The van der Waals surface area contributed by atoms with Crippen molar-refractivity contribution in [3.63, 3.8) is 0 Å². The van der Waals surface area contributed by atoms with Gasteiger partial charge < -0.3 is 9.80 Å². The third kappa shape index (κ3) is 3.31. The van der Waals surface area contributed by atoms with Crippen LogP contribution in [-0.2, 0) is 0 Å². The largest absolute Gasteiger partial charge is 0.363 e. The Morgan fingerprint density at radius 1 is 1.22 bits per heavy atom. The van der Waals surface area contributed by atoms with Crippen LogP contribution in [-0.4, -0.2) is 40.5 Å². The van der Waals surface area contributed by atoms with Crippen LogP contribution in [0.3, 0.4) is 0 Å². The Kier molecular flexibility index (Phi) is 4.41. The summed E-state index contributed by atoms with van der Waals surface area (Å²) in [4.78, 5) is 21.5. The fraction of sp³-hybridized carbons (Fsp3) is 0.455. The van der Waals surface area contributed by atoms with Crippen molar-refractivity contribution in [2.24, 2.45) is 5.92 Å². The van der Waals surface area contributed by atoms with E-state index in [4.69, 9.17) is 0 Å². The lowest BCUT2D eigenvalue weighted by molar-refractivity contribution is 0.0661. The molecule has 142 valence electrons. The van der Waals surface area contributed by atoms with Gasteiger partial charge in [-0.25, -0.2) is 4.39 Å². The topological polar surface area (TPSA) is 36.4 Å². The van der Waals surface area contributed by atoms with E-state index in [1.165, 1.54) is 12.1 Å². The molecule has 1 amide bonds. The molecule has 1 aromatic heterocycles. The minimum absolute atomic E-state index is 0.0200. The average molecular weight is 367 g/mol. The fourth-order valence-electron chi connectivity index (χ4n) is 4.89. The Bertz CT molecular complexity index is 849. The summed E-state index contributed by atoms with van der Waals surface area (Å²) in [6.45, 7) is 7.93. The van der Waals surface area contributed by atoms with Crippen molar-refractivity contribution in [2.75, 3.05) is 18.0 Å². The molecule has 0 unspecified atom stereocenters. The number of amides is 1. The molecule has 2 aliphatic heterocycles. The highest BCUT2D eigenvalue weighted by Crippen LogP contribution is 2.44. The first-order chi connectivity index (χ1) is 12.8. The minimum atomic E-state index is -0.210. The number of rotatable bonds is 2. The third-order valence-corrected chi connectivity index (χ3v) is 5.97. The lowest BCUT2D eigenvalue weighted by Crippen LogP contribution is -2.50. The number of likely N-dealkylation sites (tertiary alicyclic amines) is 1. The number of benzene rings is 1. The maximum atomic E-state index is 13.4. The molecule has 0 radical (unpaired) electrons. The molecule has 3 heterocycles. The number of hydrogen-bond donors (Lipinski definition) is 0. The van der Waals surface area contributed by atoms with E-state index in [1.54, 1.807) is 6.20 Å². The molecule has 2 fully saturated rings. The van der Waals surface area contributed by atoms with Gasteiger partial charge in [0.2, 0.25) is 0 Å².